The minimum atomic E-state index is -3.60. The van der Waals surface area contributed by atoms with Crippen molar-refractivity contribution < 1.29 is 8.42 Å². The van der Waals surface area contributed by atoms with Crippen LogP contribution in [-0.4, -0.2) is 25.8 Å². The lowest BCUT2D eigenvalue weighted by atomic mass is 10.1. The molecule has 0 aliphatic carbocycles. The highest BCUT2D eigenvalue weighted by Crippen LogP contribution is 2.28. The van der Waals surface area contributed by atoms with Gasteiger partial charge in [0.2, 0.25) is 10.0 Å². The molecule has 1 aliphatic heterocycles. The van der Waals surface area contributed by atoms with Gasteiger partial charge in [0.25, 0.3) is 0 Å². The van der Waals surface area contributed by atoms with Crippen LogP contribution < -0.4 is 0 Å². The number of benzene rings is 1. The predicted molar refractivity (Wildman–Crippen MR) is 68.2 cm³/mol. The molecule has 1 saturated heterocycles. The summed E-state index contributed by atoms with van der Waals surface area (Å²) >= 11 is 0. The van der Waals surface area contributed by atoms with Crippen molar-refractivity contribution in [2.45, 2.75) is 11.8 Å². The van der Waals surface area contributed by atoms with Crippen LogP contribution in [-0.2, 0) is 10.0 Å². The Hall–Kier alpha value is -1.64. The average Bonchev–Trinajstić information content (AvgIpc) is 2.70. The lowest BCUT2D eigenvalue weighted by Gasteiger charge is -2.16. The first kappa shape index (κ1) is 12.8. The summed E-state index contributed by atoms with van der Waals surface area (Å²) in [7, 11) is -3.60. The Bertz CT molecular complexity index is 629. The van der Waals surface area contributed by atoms with Crippen molar-refractivity contribution in [2.24, 2.45) is 5.92 Å². The highest BCUT2D eigenvalue weighted by Gasteiger charge is 2.33. The van der Waals surface area contributed by atoms with Crippen molar-refractivity contribution in [3.05, 3.63) is 42.0 Å². The SMILES string of the molecule is C=C1CN(S(=O)(=O)c2ccccc2C#N)C[C@H]1C. The fourth-order valence-electron chi connectivity index (χ4n) is 1.99. The second-order valence-corrected chi connectivity index (χ2v) is 6.37. The van der Waals surface area contributed by atoms with E-state index in [4.69, 9.17) is 5.26 Å². The maximum atomic E-state index is 12.4. The van der Waals surface area contributed by atoms with E-state index in [1.807, 2.05) is 13.0 Å². The first-order valence-electron chi connectivity index (χ1n) is 5.63. The third-order valence-electron chi connectivity index (χ3n) is 3.18. The van der Waals surface area contributed by atoms with Gasteiger partial charge in [-0.2, -0.15) is 9.57 Å². The zero-order chi connectivity index (χ0) is 13.3. The lowest BCUT2D eigenvalue weighted by molar-refractivity contribution is 0.464. The summed E-state index contributed by atoms with van der Waals surface area (Å²) in [6.07, 6.45) is 0. The van der Waals surface area contributed by atoms with E-state index < -0.39 is 10.0 Å². The van der Waals surface area contributed by atoms with Gasteiger partial charge in [0.05, 0.1) is 10.5 Å². The first-order valence-corrected chi connectivity index (χ1v) is 7.07. The smallest absolute Gasteiger partial charge is 0.207 e. The zero-order valence-electron chi connectivity index (χ0n) is 10.1. The molecule has 1 atom stereocenters. The van der Waals surface area contributed by atoms with E-state index in [1.54, 1.807) is 12.1 Å². The first-order chi connectivity index (χ1) is 8.46. The minimum absolute atomic E-state index is 0.0781. The molecule has 0 N–H and O–H groups in total. The largest absolute Gasteiger partial charge is 0.244 e. The fourth-order valence-corrected chi connectivity index (χ4v) is 3.66. The molecule has 5 heteroatoms. The highest BCUT2D eigenvalue weighted by atomic mass is 32.2. The van der Waals surface area contributed by atoms with Gasteiger partial charge in [0, 0.05) is 13.1 Å². The summed E-state index contributed by atoms with van der Waals surface area (Å²) in [5, 5.41) is 8.98. The van der Waals surface area contributed by atoms with E-state index in [0.717, 1.165) is 5.57 Å². The van der Waals surface area contributed by atoms with Gasteiger partial charge in [0.15, 0.2) is 0 Å². The van der Waals surface area contributed by atoms with E-state index in [1.165, 1.54) is 16.4 Å². The van der Waals surface area contributed by atoms with Crippen LogP contribution in [0.5, 0.6) is 0 Å². The third-order valence-corrected chi connectivity index (χ3v) is 5.05. The molecular weight excluding hydrogens is 248 g/mol. The molecule has 2 rings (SSSR count). The van der Waals surface area contributed by atoms with Crippen LogP contribution in [0.2, 0.25) is 0 Å². The van der Waals surface area contributed by atoms with Gasteiger partial charge in [-0.15, -0.1) is 0 Å². The normalized spacial score (nSPS) is 20.9. The molecule has 1 aromatic carbocycles. The average molecular weight is 262 g/mol. The fraction of sp³-hybridized carbons (Fsp3) is 0.308. The number of nitrogens with zero attached hydrogens (tertiary/aromatic N) is 2. The summed E-state index contributed by atoms with van der Waals surface area (Å²) in [6.45, 7) is 6.58. The summed E-state index contributed by atoms with van der Waals surface area (Å²) in [5.74, 6) is 0.161. The van der Waals surface area contributed by atoms with Crippen LogP contribution >= 0.6 is 0 Å². The molecule has 0 radical (unpaired) electrons. The van der Waals surface area contributed by atoms with Gasteiger partial charge in [0.1, 0.15) is 6.07 Å². The Kier molecular flexibility index (Phi) is 3.24. The van der Waals surface area contributed by atoms with Gasteiger partial charge < -0.3 is 0 Å². The van der Waals surface area contributed by atoms with Crippen LogP contribution in [0.25, 0.3) is 0 Å². The van der Waals surface area contributed by atoms with Crippen molar-refractivity contribution in [1.82, 2.24) is 4.31 Å². The topological polar surface area (TPSA) is 61.2 Å². The Morgan fingerprint density at radius 1 is 1.44 bits per heavy atom. The molecule has 1 aliphatic rings. The van der Waals surface area contributed by atoms with Crippen molar-refractivity contribution >= 4 is 10.0 Å². The quantitative estimate of drug-likeness (QED) is 0.763. The Morgan fingerprint density at radius 2 is 2.11 bits per heavy atom. The summed E-state index contributed by atoms with van der Waals surface area (Å²) < 4.78 is 26.3. The molecule has 1 aromatic rings. The number of nitriles is 1. The molecule has 0 unspecified atom stereocenters. The summed E-state index contributed by atoms with van der Waals surface area (Å²) in [4.78, 5) is 0.0781. The number of hydrogen-bond donors (Lipinski definition) is 0. The van der Waals surface area contributed by atoms with E-state index in [0.29, 0.717) is 13.1 Å². The van der Waals surface area contributed by atoms with Crippen LogP contribution in [0.1, 0.15) is 12.5 Å². The Balaban J connectivity index is 2.44. The molecule has 0 amide bonds. The standard InChI is InChI=1S/C13H14N2O2S/c1-10-8-15(9-11(10)2)18(16,17)13-6-4-3-5-12(13)7-14/h3-6,11H,1,8-9H2,2H3/t11-/m1/s1. The predicted octanol–water partition coefficient (Wildman–Crippen LogP) is 1.75. The maximum absolute atomic E-state index is 12.4. The van der Waals surface area contributed by atoms with Crippen LogP contribution in [0.3, 0.4) is 0 Å². The number of rotatable bonds is 2. The molecule has 0 aromatic heterocycles. The Labute approximate surface area is 107 Å². The van der Waals surface area contributed by atoms with Gasteiger partial charge in [-0.25, -0.2) is 8.42 Å². The molecule has 0 bridgehead atoms. The molecule has 18 heavy (non-hydrogen) atoms. The van der Waals surface area contributed by atoms with Crippen molar-refractivity contribution in [2.75, 3.05) is 13.1 Å². The van der Waals surface area contributed by atoms with Crippen molar-refractivity contribution in [3.8, 4) is 6.07 Å². The summed E-state index contributed by atoms with van der Waals surface area (Å²) in [6, 6.07) is 8.19. The Morgan fingerprint density at radius 3 is 2.67 bits per heavy atom. The molecule has 0 spiro atoms. The second-order valence-electron chi connectivity index (χ2n) is 4.46. The van der Waals surface area contributed by atoms with Gasteiger partial charge in [-0.3, -0.25) is 0 Å². The number of sulfonamides is 1. The minimum Gasteiger partial charge on any atom is -0.207 e. The van der Waals surface area contributed by atoms with Gasteiger partial charge in [-0.05, 0) is 18.1 Å². The van der Waals surface area contributed by atoms with Crippen molar-refractivity contribution in [3.63, 3.8) is 0 Å². The molecule has 1 heterocycles. The molecule has 1 fully saturated rings. The monoisotopic (exact) mass is 262 g/mol. The number of hydrogen-bond acceptors (Lipinski definition) is 3. The highest BCUT2D eigenvalue weighted by molar-refractivity contribution is 7.89. The van der Waals surface area contributed by atoms with E-state index in [2.05, 4.69) is 6.58 Å². The van der Waals surface area contributed by atoms with Crippen LogP contribution in [0.4, 0.5) is 0 Å². The van der Waals surface area contributed by atoms with Crippen LogP contribution in [0, 0.1) is 17.2 Å². The molecule has 4 nitrogen and oxygen atoms in total. The zero-order valence-corrected chi connectivity index (χ0v) is 10.9. The van der Waals surface area contributed by atoms with E-state index in [9.17, 15) is 8.42 Å². The van der Waals surface area contributed by atoms with Crippen molar-refractivity contribution in [1.29, 1.82) is 5.26 Å². The summed E-state index contributed by atoms with van der Waals surface area (Å²) in [5.41, 5.74) is 1.09. The third kappa shape index (κ3) is 2.05. The lowest BCUT2D eigenvalue weighted by Crippen LogP contribution is -2.29. The van der Waals surface area contributed by atoms with Gasteiger partial charge >= 0.3 is 0 Å². The van der Waals surface area contributed by atoms with Crippen LogP contribution in [0.15, 0.2) is 41.3 Å². The van der Waals surface area contributed by atoms with Gasteiger partial charge in [-0.1, -0.05) is 31.2 Å². The maximum Gasteiger partial charge on any atom is 0.244 e. The van der Waals surface area contributed by atoms with E-state index >= 15 is 0 Å². The molecule has 0 saturated carbocycles. The molecular formula is C13H14N2O2S. The van der Waals surface area contributed by atoms with E-state index in [-0.39, 0.29) is 16.4 Å². The second kappa shape index (κ2) is 4.56. The molecule has 94 valence electrons.